The summed E-state index contributed by atoms with van der Waals surface area (Å²) < 4.78 is 5.42. The van der Waals surface area contributed by atoms with Crippen LogP contribution in [0.2, 0.25) is 0 Å². The molecule has 0 atom stereocenters. The second-order valence-electron chi connectivity index (χ2n) is 3.27. The van der Waals surface area contributed by atoms with Gasteiger partial charge in [0, 0.05) is 5.69 Å². The van der Waals surface area contributed by atoms with Gasteiger partial charge in [-0.1, -0.05) is 0 Å². The number of hydrogen-bond acceptors (Lipinski definition) is 5. The van der Waals surface area contributed by atoms with Crippen molar-refractivity contribution in [3.63, 3.8) is 0 Å². The van der Waals surface area contributed by atoms with Crippen molar-refractivity contribution in [1.29, 1.82) is 0 Å². The molecule has 0 spiro atoms. The van der Waals surface area contributed by atoms with Gasteiger partial charge in [0.1, 0.15) is 0 Å². The van der Waals surface area contributed by atoms with Crippen molar-refractivity contribution in [1.82, 2.24) is 9.97 Å². The van der Waals surface area contributed by atoms with Gasteiger partial charge in [0.15, 0.2) is 11.2 Å². The second-order valence-corrected chi connectivity index (χ2v) is 4.25. The van der Waals surface area contributed by atoms with Crippen LogP contribution < -0.4 is 0 Å². The van der Waals surface area contributed by atoms with Crippen LogP contribution in [0.5, 0.6) is 0 Å². The molecule has 1 N–H and O–H groups in total. The first-order valence-electron chi connectivity index (χ1n) is 4.68. The van der Waals surface area contributed by atoms with Crippen molar-refractivity contribution in [2.75, 3.05) is 5.75 Å². The van der Waals surface area contributed by atoms with E-state index in [-0.39, 0.29) is 5.75 Å². The Balaban J connectivity index is 2.10. The largest absolute Gasteiger partial charge is 0.481 e. The molecule has 0 aliphatic rings. The summed E-state index contributed by atoms with van der Waals surface area (Å²) in [5.74, 6) is 0.168. The van der Waals surface area contributed by atoms with Crippen LogP contribution in [0.3, 0.4) is 0 Å². The number of carbonyl (C=O) groups is 1. The zero-order chi connectivity index (χ0) is 11.5. The van der Waals surface area contributed by atoms with Crippen LogP contribution in [0.4, 0.5) is 0 Å². The van der Waals surface area contributed by atoms with Gasteiger partial charge in [-0.2, -0.15) is 4.98 Å². The lowest BCUT2D eigenvalue weighted by Gasteiger charge is -1.91. The zero-order valence-corrected chi connectivity index (χ0v) is 9.45. The highest BCUT2D eigenvalue weighted by Crippen LogP contribution is 2.17. The van der Waals surface area contributed by atoms with Gasteiger partial charge in [-0.3, -0.25) is 4.79 Å². The Hall–Kier alpha value is -1.56. The van der Waals surface area contributed by atoms with E-state index in [2.05, 4.69) is 9.97 Å². The number of nitrogens with zero attached hydrogens (tertiary/aromatic N) is 2. The Morgan fingerprint density at radius 1 is 1.50 bits per heavy atom. The van der Waals surface area contributed by atoms with Crippen LogP contribution in [0.15, 0.2) is 16.5 Å². The van der Waals surface area contributed by atoms with Gasteiger partial charge in [0.25, 0.3) is 0 Å². The molecule has 6 heteroatoms. The van der Waals surface area contributed by atoms with E-state index >= 15 is 0 Å². The van der Waals surface area contributed by atoms with E-state index in [1.807, 2.05) is 19.1 Å². The fourth-order valence-electron chi connectivity index (χ4n) is 1.25. The molecule has 0 fully saturated rings. The number of hydrogen-bond donors (Lipinski definition) is 1. The zero-order valence-electron chi connectivity index (χ0n) is 8.64. The van der Waals surface area contributed by atoms with Crippen molar-refractivity contribution in [3.05, 3.63) is 23.7 Å². The van der Waals surface area contributed by atoms with E-state index in [9.17, 15) is 4.79 Å². The van der Waals surface area contributed by atoms with Gasteiger partial charge in [0.05, 0.1) is 11.5 Å². The maximum atomic E-state index is 10.3. The van der Waals surface area contributed by atoms with E-state index in [0.29, 0.717) is 22.9 Å². The minimum atomic E-state index is -0.838. The molecule has 0 aromatic carbocycles. The van der Waals surface area contributed by atoms with Crippen LogP contribution in [-0.2, 0) is 10.5 Å². The smallest absolute Gasteiger partial charge is 0.313 e. The Morgan fingerprint density at radius 2 is 2.31 bits per heavy atom. The third-order valence-corrected chi connectivity index (χ3v) is 2.79. The molecule has 2 rings (SSSR count). The lowest BCUT2D eigenvalue weighted by atomic mass is 10.4. The predicted octanol–water partition coefficient (Wildman–Crippen LogP) is 1.85. The summed E-state index contributed by atoms with van der Waals surface area (Å²) in [6.07, 6.45) is 0. The molecule has 0 amide bonds. The van der Waals surface area contributed by atoms with Gasteiger partial charge in [-0.25, -0.2) is 4.98 Å². The average molecular weight is 238 g/mol. The Morgan fingerprint density at radius 3 is 3.06 bits per heavy atom. The molecule has 0 radical (unpaired) electrons. The number of fused-ring (bicyclic) bond motifs is 1. The lowest BCUT2D eigenvalue weighted by Crippen LogP contribution is -1.98. The molecular formula is C10H10N2O3S. The number of carboxylic acids is 1. The second kappa shape index (κ2) is 4.52. The van der Waals surface area contributed by atoms with E-state index in [4.69, 9.17) is 9.52 Å². The summed E-state index contributed by atoms with van der Waals surface area (Å²) in [5.41, 5.74) is 2.09. The number of pyridine rings is 1. The first kappa shape index (κ1) is 10.9. The van der Waals surface area contributed by atoms with Crippen molar-refractivity contribution in [2.24, 2.45) is 0 Å². The van der Waals surface area contributed by atoms with Crippen LogP contribution in [0.25, 0.3) is 11.2 Å². The molecule has 0 saturated carbocycles. The summed E-state index contributed by atoms with van der Waals surface area (Å²) in [5, 5.41) is 8.48. The average Bonchev–Trinajstić information content (AvgIpc) is 2.58. The Bertz CT molecular complexity index is 524. The fraction of sp³-hybridized carbons (Fsp3) is 0.300. The normalized spacial score (nSPS) is 10.8. The SMILES string of the molecule is Cc1ccc2oc(CSCC(=O)O)nc2n1. The maximum absolute atomic E-state index is 10.3. The maximum Gasteiger partial charge on any atom is 0.313 e. The predicted molar refractivity (Wildman–Crippen MR) is 60.3 cm³/mol. The topological polar surface area (TPSA) is 76.2 Å². The molecule has 5 nitrogen and oxygen atoms in total. The minimum absolute atomic E-state index is 0.0468. The molecule has 0 saturated heterocycles. The highest BCUT2D eigenvalue weighted by atomic mass is 32.2. The van der Waals surface area contributed by atoms with Crippen LogP contribution in [0.1, 0.15) is 11.6 Å². The molecule has 2 aromatic rings. The third-order valence-electron chi connectivity index (χ3n) is 1.89. The Kier molecular flexibility index (Phi) is 3.09. The van der Waals surface area contributed by atoms with Crippen LogP contribution >= 0.6 is 11.8 Å². The standard InChI is InChI=1S/C10H10N2O3S/c1-6-2-3-7-10(11-6)12-8(15-7)4-16-5-9(13)14/h2-3H,4-5H2,1H3,(H,13,14). The number of aryl methyl sites for hydroxylation is 1. The fourth-order valence-corrected chi connectivity index (χ4v) is 1.82. The van der Waals surface area contributed by atoms with E-state index in [1.54, 1.807) is 0 Å². The van der Waals surface area contributed by atoms with Gasteiger partial charge in [-0.05, 0) is 19.1 Å². The first-order valence-corrected chi connectivity index (χ1v) is 5.83. The van der Waals surface area contributed by atoms with Crippen molar-refractivity contribution < 1.29 is 14.3 Å². The first-order chi connectivity index (χ1) is 7.65. The van der Waals surface area contributed by atoms with Gasteiger partial charge in [0.2, 0.25) is 5.89 Å². The number of aromatic nitrogens is 2. The van der Waals surface area contributed by atoms with Gasteiger partial charge in [-0.15, -0.1) is 11.8 Å². The van der Waals surface area contributed by atoms with Gasteiger partial charge >= 0.3 is 5.97 Å². The highest BCUT2D eigenvalue weighted by molar-refractivity contribution is 7.99. The molecule has 16 heavy (non-hydrogen) atoms. The molecule has 0 bridgehead atoms. The summed E-state index contributed by atoms with van der Waals surface area (Å²) in [7, 11) is 0. The van der Waals surface area contributed by atoms with Gasteiger partial charge < -0.3 is 9.52 Å². The van der Waals surface area contributed by atoms with Crippen LogP contribution in [-0.4, -0.2) is 26.8 Å². The summed E-state index contributed by atoms with van der Waals surface area (Å²) in [4.78, 5) is 18.7. The minimum Gasteiger partial charge on any atom is -0.481 e. The Labute approximate surface area is 95.9 Å². The van der Waals surface area contributed by atoms with Crippen molar-refractivity contribution in [3.8, 4) is 0 Å². The van der Waals surface area contributed by atoms with Crippen LogP contribution in [0, 0.1) is 6.92 Å². The summed E-state index contributed by atoms with van der Waals surface area (Å²) in [6, 6.07) is 3.66. The molecule has 2 aromatic heterocycles. The monoisotopic (exact) mass is 238 g/mol. The number of thioether (sulfide) groups is 1. The third kappa shape index (κ3) is 2.52. The van der Waals surface area contributed by atoms with Crippen molar-refractivity contribution in [2.45, 2.75) is 12.7 Å². The number of rotatable bonds is 4. The molecular weight excluding hydrogens is 228 g/mol. The number of aliphatic carboxylic acids is 1. The van der Waals surface area contributed by atoms with E-state index in [1.165, 1.54) is 11.8 Å². The molecule has 0 aliphatic carbocycles. The lowest BCUT2D eigenvalue weighted by molar-refractivity contribution is -0.133. The molecule has 84 valence electrons. The van der Waals surface area contributed by atoms with Crippen molar-refractivity contribution >= 4 is 29.0 Å². The van der Waals surface area contributed by atoms with E-state index in [0.717, 1.165) is 5.69 Å². The molecule has 0 unspecified atom stereocenters. The summed E-state index contributed by atoms with van der Waals surface area (Å²) in [6.45, 7) is 1.88. The van der Waals surface area contributed by atoms with E-state index < -0.39 is 5.97 Å². The summed E-state index contributed by atoms with van der Waals surface area (Å²) >= 11 is 1.25. The molecule has 0 aliphatic heterocycles. The number of carboxylic acid groups (broad SMARTS) is 1. The highest BCUT2D eigenvalue weighted by Gasteiger charge is 2.07. The molecule has 2 heterocycles. The number of oxazole rings is 1. The quantitative estimate of drug-likeness (QED) is 0.876.